The molecule has 1 aliphatic carbocycles. The molecule has 0 saturated heterocycles. The van der Waals surface area contributed by atoms with Crippen LogP contribution in [0.4, 0.5) is 13.2 Å². The molecule has 0 amide bonds. The zero-order valence-corrected chi connectivity index (χ0v) is 10.4. The molecule has 1 fully saturated rings. The quantitative estimate of drug-likeness (QED) is 0.462. The summed E-state index contributed by atoms with van der Waals surface area (Å²) in [4.78, 5) is 11.8. The SMILES string of the molecule is O=C(OC1CCCCCC1)c1cc(F)c(F)c(F)c1. The van der Waals surface area contributed by atoms with Gasteiger partial charge in [-0.3, -0.25) is 0 Å². The lowest BCUT2D eigenvalue weighted by Gasteiger charge is -2.15. The predicted octanol–water partition coefficient (Wildman–Crippen LogP) is 3.98. The molecule has 0 aromatic heterocycles. The number of rotatable bonds is 2. The van der Waals surface area contributed by atoms with E-state index >= 15 is 0 Å². The first kappa shape index (κ1) is 13.9. The molecule has 2 nitrogen and oxygen atoms in total. The minimum atomic E-state index is -1.58. The van der Waals surface area contributed by atoms with Gasteiger partial charge in [-0.05, 0) is 37.8 Å². The largest absolute Gasteiger partial charge is 0.459 e. The van der Waals surface area contributed by atoms with Crippen LogP contribution in [-0.2, 0) is 4.74 Å². The van der Waals surface area contributed by atoms with Gasteiger partial charge in [-0.2, -0.15) is 0 Å². The molecule has 19 heavy (non-hydrogen) atoms. The van der Waals surface area contributed by atoms with Gasteiger partial charge in [0.1, 0.15) is 6.10 Å². The fourth-order valence-electron chi connectivity index (χ4n) is 2.25. The van der Waals surface area contributed by atoms with Gasteiger partial charge >= 0.3 is 5.97 Å². The summed E-state index contributed by atoms with van der Waals surface area (Å²) >= 11 is 0. The zero-order chi connectivity index (χ0) is 13.8. The standard InChI is InChI=1S/C14H15F3O2/c15-11-7-9(8-12(16)13(11)17)14(18)19-10-5-3-1-2-4-6-10/h7-8,10H,1-6H2. The molecule has 104 valence electrons. The fourth-order valence-corrected chi connectivity index (χ4v) is 2.25. The highest BCUT2D eigenvalue weighted by Crippen LogP contribution is 2.22. The van der Waals surface area contributed by atoms with E-state index in [-0.39, 0.29) is 11.7 Å². The Morgan fingerprint density at radius 2 is 1.53 bits per heavy atom. The predicted molar refractivity (Wildman–Crippen MR) is 63.2 cm³/mol. The molecule has 0 spiro atoms. The lowest BCUT2D eigenvalue weighted by atomic mass is 10.1. The molecule has 0 unspecified atom stereocenters. The van der Waals surface area contributed by atoms with Gasteiger partial charge in [0, 0.05) is 0 Å². The lowest BCUT2D eigenvalue weighted by molar-refractivity contribution is 0.0266. The maximum atomic E-state index is 13.0. The maximum absolute atomic E-state index is 13.0. The van der Waals surface area contributed by atoms with Gasteiger partial charge in [-0.1, -0.05) is 12.8 Å². The Bertz CT molecular complexity index is 443. The molecule has 1 aromatic rings. The lowest BCUT2D eigenvalue weighted by Crippen LogP contribution is -2.18. The molecule has 1 aliphatic rings. The molecule has 0 atom stereocenters. The van der Waals surface area contributed by atoms with E-state index in [2.05, 4.69) is 0 Å². The summed E-state index contributed by atoms with van der Waals surface area (Å²) in [5, 5.41) is 0. The van der Waals surface area contributed by atoms with Crippen LogP contribution in [0, 0.1) is 17.5 Å². The topological polar surface area (TPSA) is 26.3 Å². The van der Waals surface area contributed by atoms with Crippen LogP contribution in [0.3, 0.4) is 0 Å². The average molecular weight is 272 g/mol. The van der Waals surface area contributed by atoms with Crippen molar-refractivity contribution >= 4 is 5.97 Å². The van der Waals surface area contributed by atoms with E-state index in [9.17, 15) is 18.0 Å². The molecule has 1 aromatic carbocycles. The van der Waals surface area contributed by atoms with Crippen molar-refractivity contribution in [2.24, 2.45) is 0 Å². The van der Waals surface area contributed by atoms with Crippen molar-refractivity contribution in [1.82, 2.24) is 0 Å². The normalized spacial score (nSPS) is 17.0. The smallest absolute Gasteiger partial charge is 0.338 e. The third-order valence-electron chi connectivity index (χ3n) is 3.30. The van der Waals surface area contributed by atoms with E-state index < -0.39 is 23.4 Å². The van der Waals surface area contributed by atoms with Crippen molar-refractivity contribution in [2.45, 2.75) is 44.6 Å². The van der Waals surface area contributed by atoms with Crippen molar-refractivity contribution in [3.05, 3.63) is 35.1 Å². The van der Waals surface area contributed by atoms with Gasteiger partial charge in [0.15, 0.2) is 17.5 Å². The van der Waals surface area contributed by atoms with Crippen LogP contribution >= 0.6 is 0 Å². The summed E-state index contributed by atoms with van der Waals surface area (Å²) in [5.74, 6) is -5.14. The number of hydrogen-bond acceptors (Lipinski definition) is 2. The number of carbonyl (C=O) groups is 1. The molecule has 1 saturated carbocycles. The second-order valence-corrected chi connectivity index (χ2v) is 4.77. The number of esters is 1. The van der Waals surface area contributed by atoms with Gasteiger partial charge in [-0.15, -0.1) is 0 Å². The summed E-state index contributed by atoms with van der Waals surface area (Å²) in [6.45, 7) is 0. The third kappa shape index (κ3) is 3.49. The fraction of sp³-hybridized carbons (Fsp3) is 0.500. The van der Waals surface area contributed by atoms with Crippen LogP contribution in [0.1, 0.15) is 48.9 Å². The summed E-state index contributed by atoms with van der Waals surface area (Å²) in [6.07, 6.45) is 5.47. The zero-order valence-electron chi connectivity index (χ0n) is 10.4. The highest BCUT2D eigenvalue weighted by atomic mass is 19.2. The summed E-state index contributed by atoms with van der Waals surface area (Å²) in [6, 6.07) is 1.33. The Morgan fingerprint density at radius 3 is 2.05 bits per heavy atom. The van der Waals surface area contributed by atoms with Crippen LogP contribution in [0.5, 0.6) is 0 Å². The molecule has 2 rings (SSSR count). The van der Waals surface area contributed by atoms with E-state index in [0.29, 0.717) is 12.1 Å². The van der Waals surface area contributed by atoms with Crippen LogP contribution in [0.25, 0.3) is 0 Å². The van der Waals surface area contributed by atoms with E-state index in [0.717, 1.165) is 38.5 Å². The number of halogens is 3. The second-order valence-electron chi connectivity index (χ2n) is 4.77. The highest BCUT2D eigenvalue weighted by molar-refractivity contribution is 5.89. The number of ether oxygens (including phenoxy) is 1. The van der Waals surface area contributed by atoms with Crippen molar-refractivity contribution in [3.8, 4) is 0 Å². The maximum Gasteiger partial charge on any atom is 0.338 e. The van der Waals surface area contributed by atoms with E-state index in [1.807, 2.05) is 0 Å². The van der Waals surface area contributed by atoms with Crippen molar-refractivity contribution in [3.63, 3.8) is 0 Å². The first-order chi connectivity index (χ1) is 9.08. The first-order valence-corrected chi connectivity index (χ1v) is 6.43. The molecule has 0 aliphatic heterocycles. The van der Waals surface area contributed by atoms with Gasteiger partial charge in [0.2, 0.25) is 0 Å². The van der Waals surface area contributed by atoms with E-state index in [1.165, 1.54) is 0 Å². The van der Waals surface area contributed by atoms with Gasteiger partial charge in [0.25, 0.3) is 0 Å². The Balaban J connectivity index is 2.07. The Hall–Kier alpha value is -1.52. The van der Waals surface area contributed by atoms with E-state index in [1.54, 1.807) is 0 Å². The Morgan fingerprint density at radius 1 is 1.00 bits per heavy atom. The highest BCUT2D eigenvalue weighted by Gasteiger charge is 2.20. The van der Waals surface area contributed by atoms with E-state index in [4.69, 9.17) is 4.74 Å². The number of hydrogen-bond donors (Lipinski definition) is 0. The number of carbonyl (C=O) groups excluding carboxylic acids is 1. The number of benzene rings is 1. The third-order valence-corrected chi connectivity index (χ3v) is 3.30. The molecule has 0 heterocycles. The van der Waals surface area contributed by atoms with Crippen LogP contribution in [0.2, 0.25) is 0 Å². The van der Waals surface area contributed by atoms with Crippen molar-refractivity contribution < 1.29 is 22.7 Å². The van der Waals surface area contributed by atoms with Gasteiger partial charge < -0.3 is 4.74 Å². The molecule has 5 heteroatoms. The Labute approximate surface area is 109 Å². The van der Waals surface area contributed by atoms with Gasteiger partial charge in [-0.25, -0.2) is 18.0 Å². The monoisotopic (exact) mass is 272 g/mol. The Kier molecular flexibility index (Phi) is 4.45. The van der Waals surface area contributed by atoms with Crippen molar-refractivity contribution in [2.75, 3.05) is 0 Å². The minimum Gasteiger partial charge on any atom is -0.459 e. The van der Waals surface area contributed by atoms with Crippen LogP contribution in [-0.4, -0.2) is 12.1 Å². The minimum absolute atomic E-state index is 0.217. The summed E-state index contributed by atoms with van der Waals surface area (Å²) in [5.41, 5.74) is -0.291. The second kappa shape index (κ2) is 6.08. The van der Waals surface area contributed by atoms with Crippen LogP contribution in [0.15, 0.2) is 12.1 Å². The van der Waals surface area contributed by atoms with Crippen LogP contribution < -0.4 is 0 Å². The molecule has 0 radical (unpaired) electrons. The first-order valence-electron chi connectivity index (χ1n) is 6.43. The molecule has 0 bridgehead atoms. The average Bonchev–Trinajstić information content (AvgIpc) is 2.64. The molecule has 0 N–H and O–H groups in total. The molecular formula is C14H15F3O2. The van der Waals surface area contributed by atoms with Gasteiger partial charge in [0.05, 0.1) is 5.56 Å². The summed E-state index contributed by atoms with van der Waals surface area (Å²) < 4.78 is 44.0. The summed E-state index contributed by atoms with van der Waals surface area (Å²) in [7, 11) is 0. The van der Waals surface area contributed by atoms with Crippen molar-refractivity contribution in [1.29, 1.82) is 0 Å². The molecular weight excluding hydrogens is 257 g/mol.